The summed E-state index contributed by atoms with van der Waals surface area (Å²) in [6, 6.07) is 7.55. The van der Waals surface area contributed by atoms with E-state index >= 15 is 0 Å². The van der Waals surface area contributed by atoms with E-state index in [0.717, 1.165) is 16.1 Å². The minimum atomic E-state index is -0.720. The lowest BCUT2D eigenvalue weighted by atomic mass is 9.84. The number of benzene rings is 1. The van der Waals surface area contributed by atoms with Crippen LogP contribution in [0.5, 0.6) is 0 Å². The first kappa shape index (κ1) is 15.4. The van der Waals surface area contributed by atoms with Crippen LogP contribution >= 0.6 is 0 Å². The number of nitrogens with zero attached hydrogens (tertiary/aromatic N) is 3. The Morgan fingerprint density at radius 3 is 2.48 bits per heavy atom. The van der Waals surface area contributed by atoms with Crippen molar-refractivity contribution in [1.29, 1.82) is 0 Å². The van der Waals surface area contributed by atoms with Crippen LogP contribution in [0.25, 0.3) is 0 Å². The van der Waals surface area contributed by atoms with Gasteiger partial charge in [0, 0.05) is 20.1 Å². The monoisotopic (exact) mass is 342 g/mol. The smallest absolute Gasteiger partial charge is 0.343 e. The summed E-state index contributed by atoms with van der Waals surface area (Å²) in [6.45, 7) is 0.806. The summed E-state index contributed by atoms with van der Waals surface area (Å²) in [5.41, 5.74) is 0.503. The zero-order valence-electron chi connectivity index (χ0n) is 13.7. The number of aromatic nitrogens is 3. The number of hydrogen-bond acceptors (Lipinski definition) is 5. The number of aromatic amines is 1. The topological polar surface area (TPSA) is 112 Å². The van der Waals surface area contributed by atoms with Gasteiger partial charge in [-0.1, -0.05) is 12.1 Å². The minimum Gasteiger partial charge on any atom is -0.369 e. The van der Waals surface area contributed by atoms with Crippen LogP contribution in [-0.2, 0) is 11.8 Å². The van der Waals surface area contributed by atoms with Crippen molar-refractivity contribution in [2.24, 2.45) is 7.05 Å². The highest BCUT2D eigenvalue weighted by atomic mass is 16.2. The molecule has 25 heavy (non-hydrogen) atoms. The first-order chi connectivity index (χ1) is 12.0. The van der Waals surface area contributed by atoms with Crippen molar-refractivity contribution in [3.8, 4) is 0 Å². The lowest BCUT2D eigenvalue weighted by molar-refractivity contribution is -0.122. The highest BCUT2D eigenvalue weighted by Gasteiger charge is 2.45. The molecule has 1 spiro atoms. The molecule has 9 heteroatoms. The van der Waals surface area contributed by atoms with Gasteiger partial charge in [-0.15, -0.1) is 5.10 Å². The number of rotatable bonds is 1. The third-order valence-corrected chi connectivity index (χ3v) is 4.86. The van der Waals surface area contributed by atoms with Gasteiger partial charge >= 0.3 is 5.69 Å². The Morgan fingerprint density at radius 2 is 1.84 bits per heavy atom. The third kappa shape index (κ3) is 2.48. The van der Waals surface area contributed by atoms with Crippen LogP contribution in [-0.4, -0.2) is 50.1 Å². The molecule has 0 saturated carbocycles. The van der Waals surface area contributed by atoms with Gasteiger partial charge in [-0.2, -0.15) is 0 Å². The van der Waals surface area contributed by atoms with Gasteiger partial charge in [0.15, 0.2) is 0 Å². The van der Waals surface area contributed by atoms with E-state index in [1.165, 1.54) is 7.05 Å². The number of amides is 2. The van der Waals surface area contributed by atoms with Crippen molar-refractivity contribution in [2.45, 2.75) is 18.4 Å². The van der Waals surface area contributed by atoms with Gasteiger partial charge in [-0.3, -0.25) is 14.6 Å². The van der Waals surface area contributed by atoms with Crippen LogP contribution in [0.4, 0.5) is 11.4 Å². The van der Waals surface area contributed by atoms with Gasteiger partial charge in [0.2, 0.25) is 11.7 Å². The molecular weight excluding hydrogens is 324 g/mol. The molecule has 130 valence electrons. The molecule has 3 heterocycles. The fraction of sp³-hybridized carbons (Fsp3) is 0.375. The molecule has 4 rings (SSSR count). The number of hydrogen-bond donors (Lipinski definition) is 3. The fourth-order valence-corrected chi connectivity index (χ4v) is 3.35. The van der Waals surface area contributed by atoms with E-state index in [1.54, 1.807) is 4.90 Å². The molecule has 1 aromatic heterocycles. The highest BCUT2D eigenvalue weighted by molar-refractivity contribution is 6.06. The van der Waals surface area contributed by atoms with E-state index in [4.69, 9.17) is 0 Å². The van der Waals surface area contributed by atoms with Crippen molar-refractivity contribution in [3.05, 3.63) is 40.6 Å². The zero-order chi connectivity index (χ0) is 17.6. The van der Waals surface area contributed by atoms with Gasteiger partial charge in [0.05, 0.1) is 11.4 Å². The standard InChI is InChI=1S/C16H18N6O3/c1-21-15(25)18-12(20-21)13(23)22-8-6-16(7-9-22)14(24)17-10-4-2-3-5-11(10)19-16/h2-5,19H,6-9H2,1H3,(H,17,24)(H,18,20,25). The predicted octanol–water partition coefficient (Wildman–Crippen LogP) is 0.147. The van der Waals surface area contributed by atoms with Crippen LogP contribution in [0.2, 0.25) is 0 Å². The normalized spacial score (nSPS) is 18.4. The van der Waals surface area contributed by atoms with Crippen molar-refractivity contribution in [1.82, 2.24) is 19.7 Å². The number of anilines is 2. The van der Waals surface area contributed by atoms with Crippen LogP contribution in [0, 0.1) is 0 Å². The minimum absolute atomic E-state index is 0.0230. The Balaban J connectivity index is 1.50. The van der Waals surface area contributed by atoms with Gasteiger partial charge in [-0.05, 0) is 25.0 Å². The third-order valence-electron chi connectivity index (χ3n) is 4.86. The van der Waals surface area contributed by atoms with Gasteiger partial charge in [-0.25, -0.2) is 9.48 Å². The molecule has 2 aliphatic rings. The summed E-state index contributed by atoms with van der Waals surface area (Å²) < 4.78 is 1.09. The number of carbonyl (C=O) groups is 2. The van der Waals surface area contributed by atoms with Crippen LogP contribution in [0.3, 0.4) is 0 Å². The van der Waals surface area contributed by atoms with Gasteiger partial charge in [0.25, 0.3) is 5.91 Å². The molecule has 0 unspecified atom stereocenters. The summed E-state index contributed by atoms with van der Waals surface area (Å²) in [5, 5.41) is 10.2. The Hall–Kier alpha value is -3.10. The number of aryl methyl sites for hydroxylation is 1. The van der Waals surface area contributed by atoms with E-state index in [1.807, 2.05) is 24.3 Å². The second-order valence-corrected chi connectivity index (χ2v) is 6.40. The molecule has 3 N–H and O–H groups in total. The van der Waals surface area contributed by atoms with Crippen LogP contribution < -0.4 is 16.3 Å². The number of carbonyl (C=O) groups excluding carboxylic acids is 2. The lowest BCUT2D eigenvalue weighted by Crippen LogP contribution is -2.59. The Kier molecular flexibility index (Phi) is 3.38. The summed E-state index contributed by atoms with van der Waals surface area (Å²) in [4.78, 5) is 40.6. The number of piperidine rings is 1. The van der Waals surface area contributed by atoms with Crippen LogP contribution in [0.1, 0.15) is 23.5 Å². The number of H-pyrrole nitrogens is 1. The van der Waals surface area contributed by atoms with E-state index in [-0.39, 0.29) is 17.6 Å². The Labute approximate surface area is 143 Å². The number of nitrogens with one attached hydrogen (secondary N) is 3. The number of likely N-dealkylation sites (tertiary alicyclic amines) is 1. The van der Waals surface area contributed by atoms with Crippen molar-refractivity contribution in [3.63, 3.8) is 0 Å². The Bertz CT molecular complexity index is 907. The van der Waals surface area contributed by atoms with Crippen molar-refractivity contribution in [2.75, 3.05) is 23.7 Å². The molecular formula is C16H18N6O3. The van der Waals surface area contributed by atoms with Crippen LogP contribution in [0.15, 0.2) is 29.1 Å². The molecule has 2 aromatic rings. The first-order valence-electron chi connectivity index (χ1n) is 8.10. The molecule has 0 aliphatic carbocycles. The Morgan fingerprint density at radius 1 is 1.16 bits per heavy atom. The molecule has 2 amide bonds. The van der Waals surface area contributed by atoms with Crippen molar-refractivity contribution < 1.29 is 9.59 Å². The maximum Gasteiger partial charge on any atom is 0.343 e. The first-order valence-corrected chi connectivity index (χ1v) is 8.10. The van der Waals surface area contributed by atoms with E-state index in [2.05, 4.69) is 20.7 Å². The lowest BCUT2D eigenvalue weighted by Gasteiger charge is -2.44. The maximum atomic E-state index is 12.6. The second kappa shape index (κ2) is 5.47. The molecule has 1 saturated heterocycles. The number of fused-ring (bicyclic) bond motifs is 1. The number of para-hydroxylation sites is 2. The quantitative estimate of drug-likeness (QED) is 0.683. The molecule has 0 atom stereocenters. The maximum absolute atomic E-state index is 12.6. The molecule has 2 aliphatic heterocycles. The molecule has 1 aromatic carbocycles. The van der Waals surface area contributed by atoms with Crippen molar-refractivity contribution >= 4 is 23.2 Å². The average Bonchev–Trinajstić information content (AvgIpc) is 2.95. The second-order valence-electron chi connectivity index (χ2n) is 6.40. The molecule has 9 nitrogen and oxygen atoms in total. The van der Waals surface area contributed by atoms with E-state index in [9.17, 15) is 14.4 Å². The summed E-state index contributed by atoms with van der Waals surface area (Å²) >= 11 is 0. The molecule has 0 radical (unpaired) electrons. The highest BCUT2D eigenvalue weighted by Crippen LogP contribution is 2.36. The van der Waals surface area contributed by atoms with Gasteiger partial charge in [0.1, 0.15) is 5.54 Å². The summed E-state index contributed by atoms with van der Waals surface area (Å²) in [5.74, 6) is -0.386. The average molecular weight is 342 g/mol. The zero-order valence-corrected chi connectivity index (χ0v) is 13.7. The fourth-order valence-electron chi connectivity index (χ4n) is 3.35. The molecule has 1 fully saturated rings. The summed E-state index contributed by atoms with van der Waals surface area (Å²) in [7, 11) is 1.48. The summed E-state index contributed by atoms with van der Waals surface area (Å²) in [6.07, 6.45) is 0.964. The van der Waals surface area contributed by atoms with E-state index in [0.29, 0.717) is 25.9 Å². The largest absolute Gasteiger partial charge is 0.369 e. The SMILES string of the molecule is Cn1nc(C(=O)N2CCC3(CC2)Nc2ccccc2NC3=O)[nH]c1=O. The van der Waals surface area contributed by atoms with Gasteiger partial charge < -0.3 is 15.5 Å². The molecule has 0 bridgehead atoms. The van der Waals surface area contributed by atoms with E-state index < -0.39 is 11.2 Å². The predicted molar refractivity (Wildman–Crippen MR) is 90.4 cm³/mol.